The van der Waals surface area contributed by atoms with Gasteiger partial charge in [-0.25, -0.2) is 9.78 Å². The van der Waals surface area contributed by atoms with E-state index in [4.69, 9.17) is 21.3 Å². The van der Waals surface area contributed by atoms with E-state index in [9.17, 15) is 14.4 Å². The fraction of sp³-hybridized carbons (Fsp3) is 0.300. The number of likely N-dealkylation sites (N-methyl/N-ethyl adjacent to an activating group) is 1. The van der Waals surface area contributed by atoms with Gasteiger partial charge in [-0.05, 0) is 65.7 Å². The highest BCUT2D eigenvalue weighted by atomic mass is 35.5. The van der Waals surface area contributed by atoms with Crippen LogP contribution in [0, 0.1) is 0 Å². The summed E-state index contributed by atoms with van der Waals surface area (Å²) >= 11 is 6.22. The fourth-order valence-corrected chi connectivity index (χ4v) is 5.22. The Labute approximate surface area is 264 Å². The molecule has 0 unspecified atom stereocenters. The molecule has 5 rings (SSSR count). The van der Waals surface area contributed by atoms with Crippen molar-refractivity contribution >= 4 is 47.0 Å². The van der Waals surface area contributed by atoms with Gasteiger partial charge < -0.3 is 25.3 Å². The number of benzene rings is 2. The van der Waals surface area contributed by atoms with E-state index in [2.05, 4.69) is 36.5 Å². The van der Waals surface area contributed by atoms with Crippen LogP contribution in [-0.4, -0.2) is 80.2 Å². The van der Waals surface area contributed by atoms with Gasteiger partial charge in [-0.2, -0.15) is 4.68 Å². The van der Waals surface area contributed by atoms with Crippen molar-refractivity contribution in [2.24, 2.45) is 0 Å². The average molecular weight is 633 g/mol. The molecule has 2 atom stereocenters. The summed E-state index contributed by atoms with van der Waals surface area (Å²) in [5.74, 6) is 0.186. The van der Waals surface area contributed by atoms with Crippen molar-refractivity contribution in [2.75, 3.05) is 31.8 Å². The molecule has 3 amide bonds. The van der Waals surface area contributed by atoms with Crippen LogP contribution < -0.4 is 16.0 Å². The maximum atomic E-state index is 13.2. The lowest BCUT2D eigenvalue weighted by Crippen LogP contribution is -2.39. The summed E-state index contributed by atoms with van der Waals surface area (Å²) in [7, 11) is 4.71. The lowest BCUT2D eigenvalue weighted by molar-refractivity contribution is -0.129. The molecule has 3 heterocycles. The number of imidazole rings is 1. The fourth-order valence-electron chi connectivity index (χ4n) is 5.04. The van der Waals surface area contributed by atoms with E-state index >= 15 is 0 Å². The third kappa shape index (κ3) is 7.65. The number of fused-ring (bicyclic) bond motifs is 4. The summed E-state index contributed by atoms with van der Waals surface area (Å²) < 4.78 is 6.22. The highest BCUT2D eigenvalue weighted by molar-refractivity contribution is 6.30. The predicted octanol–water partition coefficient (Wildman–Crippen LogP) is 4.20. The Hall–Kier alpha value is -5.24. The number of nitrogens with one attached hydrogen (secondary N) is 4. The molecule has 2 aromatic heterocycles. The predicted molar refractivity (Wildman–Crippen MR) is 169 cm³/mol. The summed E-state index contributed by atoms with van der Waals surface area (Å²) in [6.45, 7) is 0. The number of nitrogens with zero attached hydrogens (tertiary/aromatic N) is 6. The van der Waals surface area contributed by atoms with Crippen LogP contribution >= 0.6 is 11.6 Å². The Morgan fingerprint density at radius 1 is 1.13 bits per heavy atom. The molecule has 0 fully saturated rings. The number of rotatable bonds is 6. The number of carbonyl (C=O) groups excluding carboxylic acids is 3. The normalized spacial score (nSPS) is 16.4. The number of hydrogen-bond donors (Lipinski definition) is 4. The second-order valence-corrected chi connectivity index (χ2v) is 11.1. The Kier molecular flexibility index (Phi) is 9.73. The zero-order valence-electron chi connectivity index (χ0n) is 25.0. The topological polar surface area (TPSA) is 172 Å². The molecule has 0 saturated carbocycles. The van der Waals surface area contributed by atoms with Gasteiger partial charge in [0.05, 0.1) is 24.5 Å². The molecule has 0 spiro atoms. The van der Waals surface area contributed by atoms with E-state index in [1.165, 1.54) is 24.2 Å². The Morgan fingerprint density at radius 2 is 1.96 bits per heavy atom. The number of methoxy groups -OCH3 is 1. The van der Waals surface area contributed by atoms with Crippen LogP contribution in [0.1, 0.15) is 43.1 Å². The molecule has 4 aromatic rings. The SMILES string of the molecule is COC(=O)Nc1ccc2c(c1)N[C@@H](C(=O)N(C)C)CCCC[C@H](NC(=O)C=Cc1cc(Cl)ccc1-n1cnnn1)c1nc-2c[nH]1. The van der Waals surface area contributed by atoms with Crippen molar-refractivity contribution in [1.82, 2.24) is 40.4 Å². The number of ether oxygens (including phenoxy) is 1. The molecule has 2 bridgehead atoms. The molecule has 14 nitrogen and oxygen atoms in total. The second-order valence-electron chi connectivity index (χ2n) is 10.6. The molecule has 4 N–H and O–H groups in total. The molecule has 234 valence electrons. The molecule has 2 aromatic carbocycles. The zero-order chi connectivity index (χ0) is 31.9. The minimum absolute atomic E-state index is 0.0795. The van der Waals surface area contributed by atoms with E-state index in [0.717, 1.165) is 6.42 Å². The summed E-state index contributed by atoms with van der Waals surface area (Å²) in [4.78, 5) is 47.8. The van der Waals surface area contributed by atoms with Crippen molar-refractivity contribution in [3.8, 4) is 16.9 Å². The highest BCUT2D eigenvalue weighted by Gasteiger charge is 2.25. The van der Waals surface area contributed by atoms with Crippen LogP contribution in [0.5, 0.6) is 0 Å². The van der Waals surface area contributed by atoms with Gasteiger partial charge in [0.2, 0.25) is 11.8 Å². The first-order valence-electron chi connectivity index (χ1n) is 14.3. The summed E-state index contributed by atoms with van der Waals surface area (Å²) in [6.07, 6.45) is 8.26. The first kappa shape index (κ1) is 31.2. The standard InChI is InChI=1S/C30H33ClN10O4/c1-40(2)29(43)23-7-5-4-6-22(36-27(42)13-8-18-14-19(31)9-12-26(18)41-17-33-38-39-41)28-32-16-25(37-28)21-11-10-20(15-24(21)35-23)34-30(44)45-3/h8-17,22-23,35H,4-7H2,1-3H3,(H,32,37)(H,34,44)(H,36,42)/t22-,23+/m0/s1. The zero-order valence-corrected chi connectivity index (χ0v) is 25.7. The number of anilines is 2. The van der Waals surface area contributed by atoms with Gasteiger partial charge in [0, 0.05) is 53.9 Å². The molecule has 15 heteroatoms. The summed E-state index contributed by atoms with van der Waals surface area (Å²) in [6, 6.07) is 9.54. The van der Waals surface area contributed by atoms with Gasteiger partial charge >= 0.3 is 6.09 Å². The molecule has 0 aliphatic carbocycles. The van der Waals surface area contributed by atoms with Gasteiger partial charge in [-0.1, -0.05) is 24.4 Å². The number of H-pyrrole nitrogens is 1. The van der Waals surface area contributed by atoms with Crippen LogP contribution in [0.3, 0.4) is 0 Å². The number of halogens is 1. The number of aromatic nitrogens is 6. The van der Waals surface area contributed by atoms with E-state index < -0.39 is 18.2 Å². The van der Waals surface area contributed by atoms with Crippen LogP contribution in [0.2, 0.25) is 5.02 Å². The number of tetrazole rings is 1. The summed E-state index contributed by atoms with van der Waals surface area (Å²) in [5.41, 5.74) is 3.75. The third-order valence-corrected chi connectivity index (χ3v) is 7.51. The monoisotopic (exact) mass is 632 g/mol. The maximum absolute atomic E-state index is 13.2. The molecule has 45 heavy (non-hydrogen) atoms. The molecule has 0 saturated heterocycles. The third-order valence-electron chi connectivity index (χ3n) is 7.28. The van der Waals surface area contributed by atoms with Crippen molar-refractivity contribution in [1.29, 1.82) is 0 Å². The molecular weight excluding hydrogens is 600 g/mol. The van der Waals surface area contributed by atoms with Crippen molar-refractivity contribution in [3.63, 3.8) is 0 Å². The molecule has 0 radical (unpaired) electrons. The smallest absolute Gasteiger partial charge is 0.411 e. The first-order chi connectivity index (χ1) is 21.7. The largest absolute Gasteiger partial charge is 0.453 e. The number of aromatic amines is 1. The van der Waals surface area contributed by atoms with Gasteiger partial charge in [0.1, 0.15) is 18.2 Å². The lowest BCUT2D eigenvalue weighted by atomic mass is 10.0. The number of hydrogen-bond acceptors (Lipinski definition) is 9. The van der Waals surface area contributed by atoms with Gasteiger partial charge in [0.15, 0.2) is 0 Å². The second kappa shape index (κ2) is 14.0. The van der Waals surface area contributed by atoms with E-state index in [1.807, 2.05) is 0 Å². The van der Waals surface area contributed by atoms with Crippen LogP contribution in [-0.2, 0) is 14.3 Å². The Bertz CT molecular complexity index is 1700. The quantitative estimate of drug-likeness (QED) is 0.227. The van der Waals surface area contributed by atoms with E-state index in [1.54, 1.807) is 67.7 Å². The van der Waals surface area contributed by atoms with Crippen LogP contribution in [0.25, 0.3) is 23.0 Å². The van der Waals surface area contributed by atoms with E-state index in [0.29, 0.717) is 64.0 Å². The van der Waals surface area contributed by atoms with Gasteiger partial charge in [0.25, 0.3) is 0 Å². The van der Waals surface area contributed by atoms with Crippen molar-refractivity contribution < 1.29 is 19.1 Å². The van der Waals surface area contributed by atoms with E-state index in [-0.39, 0.29) is 11.8 Å². The Morgan fingerprint density at radius 3 is 2.71 bits per heavy atom. The van der Waals surface area contributed by atoms with Gasteiger partial charge in [-0.3, -0.25) is 14.9 Å². The van der Waals surface area contributed by atoms with Crippen LogP contribution in [0.4, 0.5) is 16.2 Å². The van der Waals surface area contributed by atoms with Crippen molar-refractivity contribution in [2.45, 2.75) is 37.8 Å². The first-order valence-corrected chi connectivity index (χ1v) is 14.6. The molecular formula is C30H33ClN10O4. The highest BCUT2D eigenvalue weighted by Crippen LogP contribution is 2.33. The van der Waals surface area contributed by atoms with Crippen LogP contribution in [0.15, 0.2) is 55.0 Å². The molecule has 1 aliphatic heterocycles. The maximum Gasteiger partial charge on any atom is 0.411 e. The number of carbonyl (C=O) groups is 3. The minimum Gasteiger partial charge on any atom is -0.453 e. The minimum atomic E-state index is -0.610. The average Bonchev–Trinajstić information content (AvgIpc) is 3.73. The Balaban J connectivity index is 1.42. The lowest BCUT2D eigenvalue weighted by Gasteiger charge is -2.25. The van der Waals surface area contributed by atoms with Crippen molar-refractivity contribution in [3.05, 3.63) is 71.4 Å². The number of amides is 3. The van der Waals surface area contributed by atoms with Gasteiger partial charge in [-0.15, -0.1) is 5.10 Å². The summed E-state index contributed by atoms with van der Waals surface area (Å²) in [5, 5.41) is 20.9. The molecule has 1 aliphatic rings.